The molecule has 1 fully saturated rings. The van der Waals surface area contributed by atoms with Crippen LogP contribution in [0.4, 0.5) is 0 Å². The number of sulfone groups is 1. The minimum Gasteiger partial charge on any atom is -0.480 e. The second-order valence-corrected chi connectivity index (χ2v) is 7.21. The highest BCUT2D eigenvalue weighted by molar-refractivity contribution is 7.91. The molecule has 6 heteroatoms. The maximum Gasteiger partial charge on any atom is 0.320 e. The van der Waals surface area contributed by atoms with Gasteiger partial charge in [0.2, 0.25) is 0 Å². The number of hydrogen-bond acceptors (Lipinski definition) is 4. The van der Waals surface area contributed by atoms with E-state index < -0.39 is 21.8 Å². The van der Waals surface area contributed by atoms with Crippen LogP contribution in [0.15, 0.2) is 0 Å². The summed E-state index contributed by atoms with van der Waals surface area (Å²) in [5.41, 5.74) is 0. The molecule has 1 aliphatic heterocycles. The molecule has 0 saturated carbocycles. The molecule has 0 aliphatic carbocycles. The number of aliphatic carboxylic acids is 1. The Balaban J connectivity index is 2.39. The zero-order chi connectivity index (χ0) is 12.3. The third-order valence-corrected chi connectivity index (χ3v) is 5.25. The molecule has 0 bridgehead atoms. The van der Waals surface area contributed by atoms with E-state index in [-0.39, 0.29) is 17.0 Å². The summed E-state index contributed by atoms with van der Waals surface area (Å²) in [6.07, 6.45) is 1.83. The number of hydrogen-bond donors (Lipinski definition) is 2. The van der Waals surface area contributed by atoms with Gasteiger partial charge in [0.15, 0.2) is 9.84 Å². The molecule has 5 nitrogen and oxygen atoms in total. The lowest BCUT2D eigenvalue weighted by Crippen LogP contribution is -2.36. The first kappa shape index (κ1) is 13.4. The molecular weight excluding hydrogens is 230 g/mol. The number of carboxylic acid groups (broad SMARTS) is 1. The third kappa shape index (κ3) is 3.45. The van der Waals surface area contributed by atoms with Gasteiger partial charge in [-0.3, -0.25) is 4.79 Å². The molecule has 2 N–H and O–H groups in total. The van der Waals surface area contributed by atoms with Crippen molar-refractivity contribution in [1.82, 2.24) is 5.32 Å². The maximum absolute atomic E-state index is 11.6. The van der Waals surface area contributed by atoms with Crippen LogP contribution in [0.5, 0.6) is 0 Å². The lowest BCUT2D eigenvalue weighted by Gasteiger charge is -2.13. The Labute approximate surface area is 96.1 Å². The molecule has 1 saturated heterocycles. The molecule has 2 atom stereocenters. The number of carbonyl (C=O) groups is 1. The summed E-state index contributed by atoms with van der Waals surface area (Å²) in [4.78, 5) is 10.7. The van der Waals surface area contributed by atoms with Gasteiger partial charge in [0, 0.05) is 6.04 Å². The zero-order valence-corrected chi connectivity index (χ0v) is 10.5. The van der Waals surface area contributed by atoms with E-state index >= 15 is 0 Å². The minimum atomic E-state index is -3.01. The standard InChI is InChI=1S/C10H19NO4S/c1-7(2)16(14,15)6-5-8-3-4-9(11-8)10(12)13/h7-9,11H,3-6H2,1-2H3,(H,12,13). The van der Waals surface area contributed by atoms with E-state index in [0.717, 1.165) is 6.42 Å². The highest BCUT2D eigenvalue weighted by Crippen LogP contribution is 2.16. The molecule has 0 radical (unpaired) electrons. The van der Waals surface area contributed by atoms with E-state index in [1.54, 1.807) is 13.8 Å². The molecule has 1 rings (SSSR count). The van der Waals surface area contributed by atoms with Gasteiger partial charge in [0.05, 0.1) is 11.0 Å². The number of carboxylic acids is 1. The monoisotopic (exact) mass is 249 g/mol. The molecule has 1 heterocycles. The van der Waals surface area contributed by atoms with E-state index in [0.29, 0.717) is 12.8 Å². The van der Waals surface area contributed by atoms with Crippen molar-refractivity contribution in [3.63, 3.8) is 0 Å². The van der Waals surface area contributed by atoms with Gasteiger partial charge in [-0.15, -0.1) is 0 Å². The van der Waals surface area contributed by atoms with Gasteiger partial charge in [0.1, 0.15) is 6.04 Å². The fraction of sp³-hybridized carbons (Fsp3) is 0.900. The predicted molar refractivity (Wildman–Crippen MR) is 61.1 cm³/mol. The van der Waals surface area contributed by atoms with E-state index in [1.165, 1.54) is 0 Å². The van der Waals surface area contributed by atoms with Gasteiger partial charge in [0.25, 0.3) is 0 Å². The Morgan fingerprint density at radius 3 is 2.50 bits per heavy atom. The summed E-state index contributed by atoms with van der Waals surface area (Å²) in [6, 6.07) is -0.485. The van der Waals surface area contributed by atoms with E-state index in [2.05, 4.69) is 5.32 Å². The number of rotatable bonds is 5. The van der Waals surface area contributed by atoms with Crippen LogP contribution in [0.25, 0.3) is 0 Å². The first-order chi connectivity index (χ1) is 7.33. The summed E-state index contributed by atoms with van der Waals surface area (Å²) in [5.74, 6) is -0.719. The largest absolute Gasteiger partial charge is 0.480 e. The quantitative estimate of drug-likeness (QED) is 0.737. The number of nitrogens with one attached hydrogen (secondary N) is 1. The average molecular weight is 249 g/mol. The van der Waals surface area contributed by atoms with Crippen LogP contribution in [-0.2, 0) is 14.6 Å². The summed E-state index contributed by atoms with van der Waals surface area (Å²) in [6.45, 7) is 3.33. The highest BCUT2D eigenvalue weighted by Gasteiger charge is 2.29. The SMILES string of the molecule is CC(C)S(=O)(=O)CCC1CCC(C(=O)O)N1. The second-order valence-electron chi connectivity index (χ2n) is 4.54. The van der Waals surface area contributed by atoms with Crippen LogP contribution in [0.2, 0.25) is 0 Å². The Bertz CT molecular complexity index is 350. The molecule has 94 valence electrons. The van der Waals surface area contributed by atoms with Crippen LogP contribution in [0, 0.1) is 0 Å². The van der Waals surface area contributed by atoms with Crippen molar-refractivity contribution >= 4 is 15.8 Å². The van der Waals surface area contributed by atoms with Crippen LogP contribution in [0.1, 0.15) is 33.1 Å². The van der Waals surface area contributed by atoms with Crippen LogP contribution in [0.3, 0.4) is 0 Å². The molecule has 2 unspecified atom stereocenters. The summed E-state index contributed by atoms with van der Waals surface area (Å²) in [5, 5.41) is 11.3. The topological polar surface area (TPSA) is 83.5 Å². The highest BCUT2D eigenvalue weighted by atomic mass is 32.2. The van der Waals surface area contributed by atoms with Gasteiger partial charge in [-0.2, -0.15) is 0 Å². The van der Waals surface area contributed by atoms with Crippen molar-refractivity contribution in [1.29, 1.82) is 0 Å². The Morgan fingerprint density at radius 2 is 2.06 bits per heavy atom. The predicted octanol–water partition coefficient (Wildman–Crippen LogP) is 0.405. The third-order valence-electron chi connectivity index (χ3n) is 3.01. The minimum absolute atomic E-state index is 0.0228. The average Bonchev–Trinajstić information content (AvgIpc) is 2.63. The normalized spacial score (nSPS) is 26.2. The summed E-state index contributed by atoms with van der Waals surface area (Å²) in [7, 11) is -3.01. The molecule has 0 amide bonds. The molecule has 16 heavy (non-hydrogen) atoms. The van der Waals surface area contributed by atoms with E-state index in [9.17, 15) is 13.2 Å². The fourth-order valence-electron chi connectivity index (χ4n) is 1.78. The van der Waals surface area contributed by atoms with E-state index in [4.69, 9.17) is 5.11 Å². The lowest BCUT2D eigenvalue weighted by molar-refractivity contribution is -0.139. The van der Waals surface area contributed by atoms with Gasteiger partial charge in [-0.1, -0.05) is 0 Å². The maximum atomic E-state index is 11.6. The first-order valence-electron chi connectivity index (χ1n) is 5.53. The molecule has 1 aliphatic rings. The summed E-state index contributed by atoms with van der Waals surface area (Å²) < 4.78 is 23.1. The van der Waals surface area contributed by atoms with Crippen molar-refractivity contribution in [2.45, 2.75) is 50.4 Å². The molecule has 0 aromatic heterocycles. The van der Waals surface area contributed by atoms with Gasteiger partial charge >= 0.3 is 5.97 Å². The smallest absolute Gasteiger partial charge is 0.320 e. The fourth-order valence-corrected chi connectivity index (χ4v) is 2.87. The van der Waals surface area contributed by atoms with Crippen molar-refractivity contribution in [2.75, 3.05) is 5.75 Å². The molecule has 0 spiro atoms. The lowest BCUT2D eigenvalue weighted by atomic mass is 10.1. The zero-order valence-electron chi connectivity index (χ0n) is 9.64. The van der Waals surface area contributed by atoms with Crippen molar-refractivity contribution in [3.05, 3.63) is 0 Å². The van der Waals surface area contributed by atoms with Crippen molar-refractivity contribution in [3.8, 4) is 0 Å². The Kier molecular flexibility index (Phi) is 4.32. The summed E-state index contributed by atoms with van der Waals surface area (Å²) >= 11 is 0. The van der Waals surface area contributed by atoms with E-state index in [1.807, 2.05) is 0 Å². The van der Waals surface area contributed by atoms with Gasteiger partial charge in [-0.05, 0) is 33.1 Å². The Hall–Kier alpha value is -0.620. The molecule has 0 aromatic carbocycles. The Morgan fingerprint density at radius 1 is 1.44 bits per heavy atom. The van der Waals surface area contributed by atoms with Gasteiger partial charge in [-0.25, -0.2) is 8.42 Å². The van der Waals surface area contributed by atoms with Crippen LogP contribution < -0.4 is 5.32 Å². The van der Waals surface area contributed by atoms with Gasteiger partial charge < -0.3 is 10.4 Å². The molecular formula is C10H19NO4S. The second kappa shape index (κ2) is 5.14. The van der Waals surface area contributed by atoms with Crippen LogP contribution in [-0.4, -0.2) is 42.6 Å². The first-order valence-corrected chi connectivity index (χ1v) is 7.25. The molecule has 0 aromatic rings. The van der Waals surface area contributed by atoms with Crippen LogP contribution >= 0.6 is 0 Å². The van der Waals surface area contributed by atoms with Crippen molar-refractivity contribution < 1.29 is 18.3 Å². The van der Waals surface area contributed by atoms with Crippen molar-refractivity contribution in [2.24, 2.45) is 0 Å².